The number of aromatic nitrogens is 4. The topological polar surface area (TPSA) is 116 Å². The van der Waals surface area contributed by atoms with Crippen molar-refractivity contribution in [2.75, 3.05) is 90.7 Å². The summed E-state index contributed by atoms with van der Waals surface area (Å²) in [7, 11) is 11.6. The predicted molar refractivity (Wildman–Crippen MR) is 180 cm³/mol. The van der Waals surface area contributed by atoms with Gasteiger partial charge in [-0.05, 0) is 45.1 Å². The fourth-order valence-corrected chi connectivity index (χ4v) is 5.63. The van der Waals surface area contributed by atoms with Crippen molar-refractivity contribution in [1.29, 1.82) is 0 Å². The van der Waals surface area contributed by atoms with E-state index in [4.69, 9.17) is 24.2 Å². The van der Waals surface area contributed by atoms with Crippen molar-refractivity contribution in [3.63, 3.8) is 0 Å². The first-order valence-electron chi connectivity index (χ1n) is 15.5. The fraction of sp³-hybridized carbons (Fsp3) is 0.485. The summed E-state index contributed by atoms with van der Waals surface area (Å²) in [5.74, 6) is 3.60. The average Bonchev–Trinajstić information content (AvgIpc) is 3.55. The van der Waals surface area contributed by atoms with Gasteiger partial charge in [-0.3, -0.25) is 4.90 Å². The number of imidazole rings is 1. The summed E-state index contributed by atoms with van der Waals surface area (Å²) in [6.07, 6.45) is 6.28. The SMILES string of the molecule is COc1cc2nc(NCCc3cnc[nH]3)nc(NC3CCN(Cc4c(OCCN(C)C)cccc4N(C)C)CC3)c2cc1OC. The monoisotopic (exact) mass is 617 g/mol. The van der Waals surface area contributed by atoms with Crippen LogP contribution in [0.5, 0.6) is 17.2 Å². The molecule has 0 atom stereocenters. The van der Waals surface area contributed by atoms with Gasteiger partial charge in [-0.2, -0.15) is 4.98 Å². The summed E-state index contributed by atoms with van der Waals surface area (Å²) in [6, 6.07) is 10.5. The second-order valence-corrected chi connectivity index (χ2v) is 11.9. The van der Waals surface area contributed by atoms with Gasteiger partial charge in [0.05, 0.1) is 26.1 Å². The van der Waals surface area contributed by atoms with Crippen molar-refractivity contribution in [3.05, 3.63) is 54.1 Å². The van der Waals surface area contributed by atoms with Gasteiger partial charge in [-0.15, -0.1) is 0 Å². The maximum Gasteiger partial charge on any atom is 0.225 e. The third-order valence-corrected chi connectivity index (χ3v) is 8.13. The number of fused-ring (bicyclic) bond motifs is 1. The summed E-state index contributed by atoms with van der Waals surface area (Å²) >= 11 is 0. The summed E-state index contributed by atoms with van der Waals surface area (Å²) in [5, 5.41) is 8.03. The predicted octanol–water partition coefficient (Wildman–Crippen LogP) is 4.11. The number of H-pyrrole nitrogens is 1. The molecule has 4 aromatic rings. The molecule has 0 saturated carbocycles. The molecule has 12 heteroatoms. The van der Waals surface area contributed by atoms with E-state index in [9.17, 15) is 0 Å². The Bertz CT molecular complexity index is 1520. The number of likely N-dealkylation sites (N-methyl/N-ethyl adjacent to an activating group) is 1. The number of hydrogen-bond donors (Lipinski definition) is 3. The van der Waals surface area contributed by atoms with E-state index in [-0.39, 0.29) is 6.04 Å². The smallest absolute Gasteiger partial charge is 0.225 e. The molecule has 0 aliphatic carbocycles. The molecule has 1 fully saturated rings. The molecular formula is C33H47N9O3. The van der Waals surface area contributed by atoms with E-state index in [1.807, 2.05) is 18.3 Å². The van der Waals surface area contributed by atoms with E-state index in [0.29, 0.717) is 30.6 Å². The minimum Gasteiger partial charge on any atom is -0.493 e. The van der Waals surface area contributed by atoms with Gasteiger partial charge in [-0.1, -0.05) is 6.07 Å². The van der Waals surface area contributed by atoms with Gasteiger partial charge in [0.2, 0.25) is 5.95 Å². The van der Waals surface area contributed by atoms with Crippen LogP contribution < -0.4 is 29.7 Å². The van der Waals surface area contributed by atoms with E-state index in [1.54, 1.807) is 20.5 Å². The summed E-state index contributed by atoms with van der Waals surface area (Å²) in [5.41, 5.74) is 4.28. The first-order valence-corrected chi connectivity index (χ1v) is 15.5. The molecule has 0 spiro atoms. The van der Waals surface area contributed by atoms with E-state index in [1.165, 1.54) is 11.3 Å². The van der Waals surface area contributed by atoms with Gasteiger partial charge in [0, 0.05) is 93.9 Å². The first-order chi connectivity index (χ1) is 21.8. The lowest BCUT2D eigenvalue weighted by Gasteiger charge is -2.34. The quantitative estimate of drug-likeness (QED) is 0.179. The van der Waals surface area contributed by atoms with Crippen LogP contribution in [-0.4, -0.2) is 111 Å². The molecular weight excluding hydrogens is 570 g/mol. The van der Waals surface area contributed by atoms with Gasteiger partial charge >= 0.3 is 0 Å². The van der Waals surface area contributed by atoms with Crippen molar-refractivity contribution < 1.29 is 14.2 Å². The van der Waals surface area contributed by atoms with Crippen LogP contribution in [0.2, 0.25) is 0 Å². The molecule has 0 amide bonds. The highest BCUT2D eigenvalue weighted by atomic mass is 16.5. The maximum absolute atomic E-state index is 6.27. The number of piperidine rings is 1. The van der Waals surface area contributed by atoms with Crippen LogP contribution in [-0.2, 0) is 13.0 Å². The number of nitrogens with zero attached hydrogens (tertiary/aromatic N) is 6. The lowest BCUT2D eigenvalue weighted by Crippen LogP contribution is -2.39. The van der Waals surface area contributed by atoms with Crippen LogP contribution in [0.25, 0.3) is 10.9 Å². The Balaban J connectivity index is 1.29. The second kappa shape index (κ2) is 15.1. The Hall–Kier alpha value is -4.29. The number of hydrogen-bond acceptors (Lipinski definition) is 11. The largest absolute Gasteiger partial charge is 0.493 e. The van der Waals surface area contributed by atoms with Crippen molar-refractivity contribution in [2.45, 2.75) is 31.8 Å². The molecule has 1 aliphatic rings. The molecule has 2 aromatic carbocycles. The van der Waals surface area contributed by atoms with E-state index >= 15 is 0 Å². The lowest BCUT2D eigenvalue weighted by atomic mass is 10.0. The number of aromatic amines is 1. The Morgan fingerprint density at radius 2 is 1.78 bits per heavy atom. The van der Waals surface area contributed by atoms with Crippen LogP contribution in [0.1, 0.15) is 24.1 Å². The molecule has 0 bridgehead atoms. The zero-order chi connectivity index (χ0) is 31.8. The molecule has 12 nitrogen and oxygen atoms in total. The second-order valence-electron chi connectivity index (χ2n) is 11.9. The first kappa shape index (κ1) is 32.1. The number of nitrogens with one attached hydrogen (secondary N) is 3. The number of anilines is 3. The van der Waals surface area contributed by atoms with E-state index in [0.717, 1.165) is 73.6 Å². The third-order valence-electron chi connectivity index (χ3n) is 8.13. The highest BCUT2D eigenvalue weighted by Gasteiger charge is 2.24. The standard InChI is InChI=1S/C33H47N9O3/c1-40(2)16-17-45-29-9-7-8-28(41(3)4)26(29)21-42-14-11-23(12-15-42)37-32-25-18-30(43-5)31(44-6)19-27(25)38-33(39-32)35-13-10-24-20-34-22-36-24/h7-9,18-20,22-23H,10-17,21H2,1-6H3,(H,34,36)(H2,35,37,38,39). The van der Waals surface area contributed by atoms with Crippen LogP contribution in [0, 0.1) is 0 Å². The number of methoxy groups -OCH3 is 2. The molecule has 2 aromatic heterocycles. The van der Waals surface area contributed by atoms with Gasteiger partial charge in [0.25, 0.3) is 0 Å². The maximum atomic E-state index is 6.27. The fourth-order valence-electron chi connectivity index (χ4n) is 5.63. The molecule has 242 valence electrons. The molecule has 5 rings (SSSR count). The molecule has 1 aliphatic heterocycles. The van der Waals surface area contributed by atoms with Gasteiger partial charge in [0.1, 0.15) is 18.2 Å². The molecule has 0 unspecified atom stereocenters. The van der Waals surface area contributed by atoms with Crippen molar-refractivity contribution in [2.24, 2.45) is 0 Å². The number of likely N-dealkylation sites (tertiary alicyclic amines) is 1. The van der Waals surface area contributed by atoms with Crippen molar-refractivity contribution in [3.8, 4) is 17.2 Å². The Kier molecular flexibility index (Phi) is 10.8. The van der Waals surface area contributed by atoms with Crippen molar-refractivity contribution in [1.82, 2.24) is 29.7 Å². The Labute approximate surface area is 266 Å². The summed E-state index contributed by atoms with van der Waals surface area (Å²) in [6.45, 7) is 4.98. The zero-order valence-corrected chi connectivity index (χ0v) is 27.4. The molecule has 45 heavy (non-hydrogen) atoms. The van der Waals surface area contributed by atoms with Crippen LogP contribution in [0.4, 0.5) is 17.5 Å². The number of rotatable bonds is 15. The van der Waals surface area contributed by atoms with Gasteiger partial charge in [0.15, 0.2) is 11.5 Å². The summed E-state index contributed by atoms with van der Waals surface area (Å²) in [4.78, 5) is 23.8. The molecule has 0 radical (unpaired) electrons. The third kappa shape index (κ3) is 8.25. The lowest BCUT2D eigenvalue weighted by molar-refractivity contribution is 0.205. The Morgan fingerprint density at radius 3 is 2.47 bits per heavy atom. The minimum atomic E-state index is 0.269. The molecule has 1 saturated heterocycles. The summed E-state index contributed by atoms with van der Waals surface area (Å²) < 4.78 is 17.4. The minimum absolute atomic E-state index is 0.269. The van der Waals surface area contributed by atoms with Crippen LogP contribution in [0.3, 0.4) is 0 Å². The average molecular weight is 618 g/mol. The van der Waals surface area contributed by atoms with Crippen molar-refractivity contribution >= 4 is 28.4 Å². The Morgan fingerprint density at radius 1 is 1.00 bits per heavy atom. The highest BCUT2D eigenvalue weighted by molar-refractivity contribution is 5.92. The highest BCUT2D eigenvalue weighted by Crippen LogP contribution is 2.36. The normalized spacial score (nSPS) is 14.1. The molecule has 3 N–H and O–H groups in total. The van der Waals surface area contributed by atoms with Gasteiger partial charge in [-0.25, -0.2) is 9.97 Å². The van der Waals surface area contributed by atoms with Crippen LogP contribution in [0.15, 0.2) is 42.9 Å². The number of ether oxygens (including phenoxy) is 3. The number of benzene rings is 2. The van der Waals surface area contributed by atoms with E-state index in [2.05, 4.69) is 81.7 Å². The van der Waals surface area contributed by atoms with Gasteiger partial charge < -0.3 is 39.6 Å². The molecule has 3 heterocycles. The van der Waals surface area contributed by atoms with E-state index < -0.39 is 0 Å². The zero-order valence-electron chi connectivity index (χ0n) is 27.4. The van der Waals surface area contributed by atoms with Crippen LogP contribution >= 0.6 is 0 Å².